The van der Waals surface area contributed by atoms with Gasteiger partial charge in [-0.25, -0.2) is 5.43 Å². The fourth-order valence-corrected chi connectivity index (χ4v) is 2.63. The quantitative estimate of drug-likeness (QED) is 0.204. The normalized spacial score (nSPS) is 10.6. The number of hydrogen-bond donors (Lipinski definition) is 3. The number of rotatable bonds is 11. The zero-order valence-corrected chi connectivity index (χ0v) is 18.4. The summed E-state index contributed by atoms with van der Waals surface area (Å²) in [5.41, 5.74) is 3.53. The van der Waals surface area contributed by atoms with E-state index in [1.165, 1.54) is 6.21 Å². The fourth-order valence-electron chi connectivity index (χ4n) is 2.45. The minimum absolute atomic E-state index is 0.217. The van der Waals surface area contributed by atoms with E-state index >= 15 is 0 Å². The Morgan fingerprint density at radius 3 is 2.59 bits per heavy atom. The molecule has 32 heavy (non-hydrogen) atoms. The molecule has 2 aromatic carbocycles. The summed E-state index contributed by atoms with van der Waals surface area (Å²) >= 11 is 6.01. The molecule has 0 aliphatic rings. The topological polar surface area (TPSA) is 118 Å². The summed E-state index contributed by atoms with van der Waals surface area (Å²) in [6, 6.07) is 14.2. The lowest BCUT2D eigenvalue weighted by Crippen LogP contribution is -2.38. The molecule has 0 spiro atoms. The van der Waals surface area contributed by atoms with Crippen LogP contribution in [0.3, 0.4) is 0 Å². The van der Waals surface area contributed by atoms with Gasteiger partial charge in [-0.1, -0.05) is 41.9 Å². The predicted molar refractivity (Wildman–Crippen MR) is 120 cm³/mol. The van der Waals surface area contributed by atoms with E-state index in [0.29, 0.717) is 42.5 Å². The van der Waals surface area contributed by atoms with Crippen molar-refractivity contribution in [3.05, 3.63) is 64.7 Å². The Kier molecular flexibility index (Phi) is 10.7. The van der Waals surface area contributed by atoms with E-state index in [4.69, 9.17) is 21.1 Å². The molecule has 0 atom stereocenters. The van der Waals surface area contributed by atoms with Crippen LogP contribution in [0, 0.1) is 0 Å². The highest BCUT2D eigenvalue weighted by Gasteiger charge is 2.12. The van der Waals surface area contributed by atoms with Crippen LogP contribution in [0.4, 0.5) is 0 Å². The van der Waals surface area contributed by atoms with Crippen molar-refractivity contribution in [3.8, 4) is 5.75 Å². The number of hydrazone groups is 1. The Morgan fingerprint density at radius 1 is 1.06 bits per heavy atom. The number of benzene rings is 2. The number of carbonyl (C=O) groups excluding carboxylic acids is 3. The van der Waals surface area contributed by atoms with Crippen molar-refractivity contribution < 1.29 is 23.9 Å². The van der Waals surface area contributed by atoms with E-state index in [9.17, 15) is 14.4 Å². The SMILES string of the molecule is COCCCNC(=O)C(=O)N/N=C\c1cc(Cl)ccc1OCC(=O)NCc1ccccc1. The molecule has 0 heterocycles. The van der Waals surface area contributed by atoms with Crippen LogP contribution in [0.15, 0.2) is 53.6 Å². The van der Waals surface area contributed by atoms with Gasteiger partial charge < -0.3 is 20.1 Å². The van der Waals surface area contributed by atoms with Crippen molar-refractivity contribution in [3.63, 3.8) is 0 Å². The maximum Gasteiger partial charge on any atom is 0.329 e. The van der Waals surface area contributed by atoms with Crippen LogP contribution in [-0.4, -0.2) is 50.8 Å². The number of carbonyl (C=O) groups is 3. The molecule has 0 bridgehead atoms. The molecule has 2 aromatic rings. The minimum Gasteiger partial charge on any atom is -0.483 e. The van der Waals surface area contributed by atoms with Crippen LogP contribution in [0.5, 0.6) is 5.75 Å². The zero-order chi connectivity index (χ0) is 23.2. The molecule has 0 aliphatic carbocycles. The second-order valence-electron chi connectivity index (χ2n) is 6.53. The van der Waals surface area contributed by atoms with Crippen molar-refractivity contribution in [1.29, 1.82) is 0 Å². The Morgan fingerprint density at radius 2 is 1.84 bits per heavy atom. The molecule has 0 saturated heterocycles. The molecule has 3 N–H and O–H groups in total. The molecule has 0 aliphatic heterocycles. The van der Waals surface area contributed by atoms with E-state index in [1.807, 2.05) is 30.3 Å². The van der Waals surface area contributed by atoms with Crippen molar-refractivity contribution in [1.82, 2.24) is 16.1 Å². The Bertz CT molecular complexity index is 937. The molecule has 0 radical (unpaired) electrons. The Labute approximate surface area is 191 Å². The second-order valence-corrected chi connectivity index (χ2v) is 6.97. The summed E-state index contributed by atoms with van der Waals surface area (Å²) in [7, 11) is 1.55. The first-order valence-corrected chi connectivity index (χ1v) is 10.2. The molecule has 0 unspecified atom stereocenters. The lowest BCUT2D eigenvalue weighted by molar-refractivity contribution is -0.139. The van der Waals surface area contributed by atoms with Gasteiger partial charge in [-0.15, -0.1) is 0 Å². The zero-order valence-electron chi connectivity index (χ0n) is 17.6. The summed E-state index contributed by atoms with van der Waals surface area (Å²) in [5, 5.41) is 9.38. The monoisotopic (exact) mass is 460 g/mol. The van der Waals surface area contributed by atoms with Gasteiger partial charge in [0.2, 0.25) is 0 Å². The summed E-state index contributed by atoms with van der Waals surface area (Å²) in [5.74, 6) is -1.68. The van der Waals surface area contributed by atoms with Crippen LogP contribution in [-0.2, 0) is 25.7 Å². The van der Waals surface area contributed by atoms with E-state index in [2.05, 4.69) is 21.2 Å². The molecule has 10 heteroatoms. The standard InChI is InChI=1S/C22H25ClN4O5/c1-31-11-5-10-24-21(29)22(30)27-26-14-17-12-18(23)8-9-19(17)32-15-20(28)25-13-16-6-3-2-4-7-16/h2-4,6-9,12,14H,5,10-11,13,15H2,1H3,(H,24,29)(H,25,28)(H,27,30)/b26-14-. The minimum atomic E-state index is -0.913. The molecule has 0 fully saturated rings. The predicted octanol–water partition coefficient (Wildman–Crippen LogP) is 1.64. The summed E-state index contributed by atoms with van der Waals surface area (Å²) in [6.45, 7) is 0.952. The highest BCUT2D eigenvalue weighted by molar-refractivity contribution is 6.35. The average Bonchev–Trinajstić information content (AvgIpc) is 2.80. The third-order valence-electron chi connectivity index (χ3n) is 4.05. The van der Waals surface area contributed by atoms with Crippen LogP contribution >= 0.6 is 11.6 Å². The second kappa shape index (κ2) is 13.8. The van der Waals surface area contributed by atoms with Crippen molar-refractivity contribution in [2.24, 2.45) is 5.10 Å². The smallest absolute Gasteiger partial charge is 0.329 e. The van der Waals surface area contributed by atoms with Gasteiger partial charge in [-0.05, 0) is 30.2 Å². The van der Waals surface area contributed by atoms with E-state index in [0.717, 1.165) is 5.56 Å². The van der Waals surface area contributed by atoms with Crippen LogP contribution < -0.4 is 20.8 Å². The molecule has 3 amide bonds. The van der Waals surface area contributed by atoms with Crippen LogP contribution in [0.2, 0.25) is 5.02 Å². The molecular formula is C22H25ClN4O5. The summed E-state index contributed by atoms with van der Waals surface area (Å²) in [4.78, 5) is 35.5. The number of ether oxygens (including phenoxy) is 2. The summed E-state index contributed by atoms with van der Waals surface area (Å²) in [6.07, 6.45) is 1.86. The maximum absolute atomic E-state index is 12.1. The van der Waals surface area contributed by atoms with Gasteiger partial charge in [0.05, 0.1) is 6.21 Å². The maximum atomic E-state index is 12.1. The molecule has 0 aromatic heterocycles. The average molecular weight is 461 g/mol. The molecule has 170 valence electrons. The molecular weight excluding hydrogens is 436 g/mol. The largest absolute Gasteiger partial charge is 0.483 e. The number of methoxy groups -OCH3 is 1. The Hall–Kier alpha value is -3.43. The van der Waals surface area contributed by atoms with Gasteiger partial charge in [0.25, 0.3) is 5.91 Å². The van der Waals surface area contributed by atoms with Gasteiger partial charge in [-0.2, -0.15) is 5.10 Å². The molecule has 0 saturated carbocycles. The van der Waals surface area contributed by atoms with Gasteiger partial charge in [0.15, 0.2) is 6.61 Å². The fraction of sp³-hybridized carbons (Fsp3) is 0.273. The third kappa shape index (κ3) is 9.15. The van der Waals surface area contributed by atoms with Gasteiger partial charge >= 0.3 is 11.8 Å². The first-order chi connectivity index (χ1) is 15.5. The Balaban J connectivity index is 1.85. The lowest BCUT2D eigenvalue weighted by atomic mass is 10.2. The lowest BCUT2D eigenvalue weighted by Gasteiger charge is -2.10. The van der Waals surface area contributed by atoms with Gasteiger partial charge in [0, 0.05) is 37.4 Å². The third-order valence-corrected chi connectivity index (χ3v) is 4.28. The van der Waals surface area contributed by atoms with Crippen LogP contribution in [0.1, 0.15) is 17.5 Å². The first-order valence-electron chi connectivity index (χ1n) is 9.82. The summed E-state index contributed by atoms with van der Waals surface area (Å²) < 4.78 is 10.4. The molecule has 2 rings (SSSR count). The van der Waals surface area contributed by atoms with E-state index < -0.39 is 11.8 Å². The number of nitrogens with one attached hydrogen (secondary N) is 3. The first kappa shape index (κ1) is 24.8. The number of nitrogens with zero attached hydrogens (tertiary/aromatic N) is 1. The van der Waals surface area contributed by atoms with Crippen molar-refractivity contribution in [2.45, 2.75) is 13.0 Å². The van der Waals surface area contributed by atoms with E-state index in [1.54, 1.807) is 25.3 Å². The van der Waals surface area contributed by atoms with Crippen molar-refractivity contribution in [2.75, 3.05) is 26.9 Å². The highest BCUT2D eigenvalue weighted by Crippen LogP contribution is 2.21. The number of hydrogen-bond acceptors (Lipinski definition) is 6. The highest BCUT2D eigenvalue weighted by atomic mass is 35.5. The van der Waals surface area contributed by atoms with Crippen LogP contribution in [0.25, 0.3) is 0 Å². The molecule has 9 nitrogen and oxygen atoms in total. The van der Waals surface area contributed by atoms with Gasteiger partial charge in [0.1, 0.15) is 5.75 Å². The van der Waals surface area contributed by atoms with Crippen molar-refractivity contribution >= 4 is 35.5 Å². The van der Waals surface area contributed by atoms with Gasteiger partial charge in [-0.3, -0.25) is 14.4 Å². The van der Waals surface area contributed by atoms with E-state index in [-0.39, 0.29) is 12.5 Å². The number of halogens is 1. The number of amides is 3.